The van der Waals surface area contributed by atoms with Crippen LogP contribution in [0.1, 0.15) is 18.1 Å². The summed E-state index contributed by atoms with van der Waals surface area (Å²) in [7, 11) is 1.88. The molecule has 0 aromatic carbocycles. The zero-order chi connectivity index (χ0) is 8.10. The van der Waals surface area contributed by atoms with E-state index in [1.807, 2.05) is 25.5 Å². The van der Waals surface area contributed by atoms with Crippen molar-refractivity contribution in [3.05, 3.63) is 24.0 Å². The van der Waals surface area contributed by atoms with Crippen molar-refractivity contribution in [1.29, 1.82) is 0 Å². The molecule has 3 N–H and O–H groups in total. The number of aromatic nitrogens is 1. The molecule has 0 radical (unpaired) electrons. The Morgan fingerprint density at radius 3 is 3.09 bits per heavy atom. The van der Waals surface area contributed by atoms with Gasteiger partial charge >= 0.3 is 0 Å². The van der Waals surface area contributed by atoms with E-state index in [4.69, 9.17) is 0 Å². The molecular weight excluding hydrogens is 140 g/mol. The minimum atomic E-state index is -0.339. The molecule has 0 saturated heterocycles. The maximum absolute atomic E-state index is 9.48. The largest absolute Gasteiger partial charge is 0.388 e. The highest BCUT2D eigenvalue weighted by atomic mass is 16.3. The molecule has 1 aromatic rings. The van der Waals surface area contributed by atoms with Gasteiger partial charge in [-0.25, -0.2) is 0 Å². The first-order valence-electron chi connectivity index (χ1n) is 3.80. The SMILES string of the molecule is CNCCC(O)c1cc[nH]c1. The molecule has 1 atom stereocenters. The van der Waals surface area contributed by atoms with Gasteiger partial charge in [-0.1, -0.05) is 0 Å². The fraction of sp³-hybridized carbons (Fsp3) is 0.500. The van der Waals surface area contributed by atoms with Crippen LogP contribution in [-0.4, -0.2) is 23.7 Å². The van der Waals surface area contributed by atoms with Gasteiger partial charge in [-0.05, 0) is 31.6 Å². The van der Waals surface area contributed by atoms with Crippen LogP contribution in [0.15, 0.2) is 18.5 Å². The molecule has 0 aliphatic carbocycles. The van der Waals surface area contributed by atoms with Crippen LogP contribution in [0.3, 0.4) is 0 Å². The Kier molecular flexibility index (Phi) is 3.14. The van der Waals surface area contributed by atoms with E-state index < -0.39 is 0 Å². The highest BCUT2D eigenvalue weighted by Crippen LogP contribution is 2.13. The van der Waals surface area contributed by atoms with Crippen LogP contribution < -0.4 is 5.32 Å². The molecule has 3 heteroatoms. The quantitative estimate of drug-likeness (QED) is 0.596. The van der Waals surface area contributed by atoms with Crippen molar-refractivity contribution in [2.75, 3.05) is 13.6 Å². The summed E-state index contributed by atoms with van der Waals surface area (Å²) >= 11 is 0. The van der Waals surface area contributed by atoms with Crippen molar-refractivity contribution >= 4 is 0 Å². The predicted octanol–water partition coefficient (Wildman–Crippen LogP) is 0.658. The summed E-state index contributed by atoms with van der Waals surface area (Å²) in [5.74, 6) is 0. The highest BCUT2D eigenvalue weighted by molar-refractivity contribution is 5.11. The van der Waals surface area contributed by atoms with E-state index in [0.29, 0.717) is 0 Å². The summed E-state index contributed by atoms with van der Waals surface area (Å²) in [6.07, 6.45) is 4.06. The predicted molar refractivity (Wildman–Crippen MR) is 44.3 cm³/mol. The number of aliphatic hydroxyl groups excluding tert-OH is 1. The fourth-order valence-corrected chi connectivity index (χ4v) is 0.992. The summed E-state index contributed by atoms with van der Waals surface area (Å²) in [5, 5.41) is 12.5. The van der Waals surface area contributed by atoms with Crippen molar-refractivity contribution in [3.8, 4) is 0 Å². The second-order valence-electron chi connectivity index (χ2n) is 2.55. The van der Waals surface area contributed by atoms with Gasteiger partial charge in [0.05, 0.1) is 6.10 Å². The molecule has 62 valence electrons. The van der Waals surface area contributed by atoms with Gasteiger partial charge in [0.2, 0.25) is 0 Å². The maximum atomic E-state index is 9.48. The number of H-pyrrole nitrogens is 1. The molecule has 1 rings (SSSR count). The Hall–Kier alpha value is -0.800. The molecule has 1 aromatic heterocycles. The van der Waals surface area contributed by atoms with E-state index in [-0.39, 0.29) is 6.10 Å². The molecule has 3 nitrogen and oxygen atoms in total. The van der Waals surface area contributed by atoms with E-state index in [9.17, 15) is 5.11 Å². The van der Waals surface area contributed by atoms with Gasteiger partial charge in [-0.3, -0.25) is 0 Å². The maximum Gasteiger partial charge on any atom is 0.0816 e. The lowest BCUT2D eigenvalue weighted by molar-refractivity contribution is 0.168. The van der Waals surface area contributed by atoms with Crippen molar-refractivity contribution in [2.45, 2.75) is 12.5 Å². The molecule has 1 unspecified atom stereocenters. The Morgan fingerprint density at radius 2 is 2.55 bits per heavy atom. The lowest BCUT2D eigenvalue weighted by atomic mass is 10.1. The molecule has 0 bridgehead atoms. The van der Waals surface area contributed by atoms with Crippen LogP contribution in [0.4, 0.5) is 0 Å². The first-order chi connectivity index (χ1) is 5.34. The summed E-state index contributed by atoms with van der Waals surface area (Å²) < 4.78 is 0. The fourth-order valence-electron chi connectivity index (χ4n) is 0.992. The number of aromatic amines is 1. The van der Waals surface area contributed by atoms with Gasteiger partial charge in [-0.15, -0.1) is 0 Å². The van der Waals surface area contributed by atoms with Crippen molar-refractivity contribution < 1.29 is 5.11 Å². The molecule has 11 heavy (non-hydrogen) atoms. The molecular formula is C8H14N2O. The average Bonchev–Trinajstić information content (AvgIpc) is 2.52. The Balaban J connectivity index is 2.36. The standard InChI is InChI=1S/C8H14N2O/c1-9-4-3-8(11)7-2-5-10-6-7/h2,5-6,8-11H,3-4H2,1H3. The van der Waals surface area contributed by atoms with E-state index in [1.165, 1.54) is 0 Å². The third-order valence-corrected chi connectivity index (χ3v) is 1.67. The van der Waals surface area contributed by atoms with E-state index in [2.05, 4.69) is 10.3 Å². The minimum Gasteiger partial charge on any atom is -0.388 e. The van der Waals surface area contributed by atoms with E-state index in [0.717, 1.165) is 18.5 Å². The van der Waals surface area contributed by atoms with Crippen molar-refractivity contribution in [3.63, 3.8) is 0 Å². The average molecular weight is 154 g/mol. The van der Waals surface area contributed by atoms with E-state index >= 15 is 0 Å². The van der Waals surface area contributed by atoms with Crippen LogP contribution in [0.25, 0.3) is 0 Å². The summed E-state index contributed by atoms with van der Waals surface area (Å²) in [6, 6.07) is 1.89. The van der Waals surface area contributed by atoms with Crippen LogP contribution in [0, 0.1) is 0 Å². The molecule has 0 saturated carbocycles. The molecule has 0 fully saturated rings. The van der Waals surface area contributed by atoms with Gasteiger partial charge < -0.3 is 15.4 Å². The summed E-state index contributed by atoms with van der Waals surface area (Å²) in [4.78, 5) is 2.91. The first kappa shape index (κ1) is 8.30. The number of rotatable bonds is 4. The van der Waals surface area contributed by atoms with Gasteiger partial charge in [0.25, 0.3) is 0 Å². The molecule has 1 heterocycles. The monoisotopic (exact) mass is 154 g/mol. The van der Waals surface area contributed by atoms with Crippen molar-refractivity contribution in [1.82, 2.24) is 10.3 Å². The first-order valence-corrected chi connectivity index (χ1v) is 3.80. The topological polar surface area (TPSA) is 48.0 Å². The number of nitrogens with one attached hydrogen (secondary N) is 2. The minimum absolute atomic E-state index is 0.339. The molecule has 0 aliphatic rings. The van der Waals surface area contributed by atoms with Gasteiger partial charge in [-0.2, -0.15) is 0 Å². The number of aliphatic hydroxyl groups is 1. The summed E-state index contributed by atoms with van der Waals surface area (Å²) in [6.45, 7) is 0.840. The van der Waals surface area contributed by atoms with Crippen LogP contribution in [0.2, 0.25) is 0 Å². The molecule has 0 aliphatic heterocycles. The third kappa shape index (κ3) is 2.37. The Bertz CT molecular complexity index is 184. The van der Waals surface area contributed by atoms with Crippen molar-refractivity contribution in [2.24, 2.45) is 0 Å². The smallest absolute Gasteiger partial charge is 0.0816 e. The third-order valence-electron chi connectivity index (χ3n) is 1.67. The number of hydrogen-bond donors (Lipinski definition) is 3. The Morgan fingerprint density at radius 1 is 1.73 bits per heavy atom. The summed E-state index contributed by atoms with van der Waals surface area (Å²) in [5.41, 5.74) is 0.959. The second kappa shape index (κ2) is 4.16. The van der Waals surface area contributed by atoms with Crippen LogP contribution >= 0.6 is 0 Å². The lowest BCUT2D eigenvalue weighted by Gasteiger charge is -2.06. The zero-order valence-corrected chi connectivity index (χ0v) is 6.67. The van der Waals surface area contributed by atoms with Gasteiger partial charge in [0.1, 0.15) is 0 Å². The van der Waals surface area contributed by atoms with Crippen LogP contribution in [0.5, 0.6) is 0 Å². The van der Waals surface area contributed by atoms with Gasteiger partial charge in [0.15, 0.2) is 0 Å². The zero-order valence-electron chi connectivity index (χ0n) is 6.67. The number of hydrogen-bond acceptors (Lipinski definition) is 2. The molecule has 0 amide bonds. The van der Waals surface area contributed by atoms with E-state index in [1.54, 1.807) is 0 Å². The van der Waals surface area contributed by atoms with Gasteiger partial charge in [0, 0.05) is 12.4 Å². The second-order valence-corrected chi connectivity index (χ2v) is 2.55. The molecule has 0 spiro atoms. The lowest BCUT2D eigenvalue weighted by Crippen LogP contribution is -2.11. The normalized spacial score (nSPS) is 13.3. The Labute approximate surface area is 66.4 Å². The van der Waals surface area contributed by atoms with Crippen LogP contribution in [-0.2, 0) is 0 Å². The highest BCUT2D eigenvalue weighted by Gasteiger charge is 2.05.